The average Bonchev–Trinajstić information content (AvgIpc) is 2.77. The molecule has 2 aromatic rings. The molecule has 0 saturated carbocycles. The van der Waals surface area contributed by atoms with Gasteiger partial charge in [0.25, 0.3) is 0 Å². The number of nitrogens with one attached hydrogen (secondary N) is 1. The predicted molar refractivity (Wildman–Crippen MR) is 66.9 cm³/mol. The maximum Gasteiger partial charge on any atom is 0.419 e. The molecular weight excluding hydrogens is 255 g/mol. The number of benzene rings is 1. The molecule has 0 fully saturated rings. The second-order valence-corrected chi connectivity index (χ2v) is 4.29. The SMILES string of the molecule is Cc1cccc(NCCn2cc(C(F)(F)F)cn2)c1. The van der Waals surface area contributed by atoms with Crippen molar-refractivity contribution in [2.45, 2.75) is 19.6 Å². The number of alkyl halides is 3. The van der Waals surface area contributed by atoms with Crippen molar-refractivity contribution in [1.29, 1.82) is 0 Å². The van der Waals surface area contributed by atoms with Gasteiger partial charge in [-0.25, -0.2) is 0 Å². The summed E-state index contributed by atoms with van der Waals surface area (Å²) in [6.45, 7) is 2.88. The van der Waals surface area contributed by atoms with E-state index in [-0.39, 0.29) is 0 Å². The van der Waals surface area contributed by atoms with E-state index in [2.05, 4.69) is 10.4 Å². The molecule has 6 heteroatoms. The minimum absolute atomic E-state index is 0.379. The normalized spacial score (nSPS) is 11.6. The molecule has 0 unspecified atom stereocenters. The van der Waals surface area contributed by atoms with Gasteiger partial charge in [0.2, 0.25) is 0 Å². The fraction of sp³-hybridized carbons (Fsp3) is 0.308. The third-order valence-electron chi connectivity index (χ3n) is 2.65. The quantitative estimate of drug-likeness (QED) is 0.922. The number of rotatable bonds is 4. The van der Waals surface area contributed by atoms with Crippen molar-refractivity contribution >= 4 is 5.69 Å². The van der Waals surface area contributed by atoms with Gasteiger partial charge < -0.3 is 5.32 Å². The lowest BCUT2D eigenvalue weighted by atomic mass is 10.2. The van der Waals surface area contributed by atoms with Gasteiger partial charge >= 0.3 is 6.18 Å². The van der Waals surface area contributed by atoms with Gasteiger partial charge in [-0.3, -0.25) is 4.68 Å². The zero-order chi connectivity index (χ0) is 13.9. The van der Waals surface area contributed by atoms with E-state index in [9.17, 15) is 13.2 Å². The molecule has 102 valence electrons. The molecule has 0 aliphatic carbocycles. The minimum Gasteiger partial charge on any atom is -0.383 e. The maximum atomic E-state index is 12.4. The summed E-state index contributed by atoms with van der Waals surface area (Å²) < 4.78 is 38.4. The van der Waals surface area contributed by atoms with Crippen molar-refractivity contribution in [3.05, 3.63) is 47.8 Å². The zero-order valence-corrected chi connectivity index (χ0v) is 10.4. The van der Waals surface area contributed by atoms with Crippen LogP contribution in [0.1, 0.15) is 11.1 Å². The molecule has 1 aromatic carbocycles. The molecule has 0 aliphatic heterocycles. The van der Waals surface area contributed by atoms with Crippen molar-refractivity contribution in [2.24, 2.45) is 0 Å². The van der Waals surface area contributed by atoms with Crippen molar-refractivity contribution in [1.82, 2.24) is 9.78 Å². The monoisotopic (exact) mass is 269 g/mol. The molecule has 2 rings (SSSR count). The van der Waals surface area contributed by atoms with Crippen LogP contribution in [0.5, 0.6) is 0 Å². The summed E-state index contributed by atoms with van der Waals surface area (Å²) >= 11 is 0. The van der Waals surface area contributed by atoms with E-state index in [1.165, 1.54) is 4.68 Å². The van der Waals surface area contributed by atoms with Crippen LogP contribution in [-0.2, 0) is 12.7 Å². The van der Waals surface area contributed by atoms with Crippen LogP contribution in [0.3, 0.4) is 0 Å². The van der Waals surface area contributed by atoms with Gasteiger partial charge in [0.05, 0.1) is 18.3 Å². The van der Waals surface area contributed by atoms with Gasteiger partial charge in [0, 0.05) is 18.4 Å². The van der Waals surface area contributed by atoms with Gasteiger partial charge in [0.15, 0.2) is 0 Å². The van der Waals surface area contributed by atoms with Crippen LogP contribution in [0.15, 0.2) is 36.7 Å². The van der Waals surface area contributed by atoms with E-state index < -0.39 is 11.7 Å². The van der Waals surface area contributed by atoms with E-state index in [1.54, 1.807) is 0 Å². The summed E-state index contributed by atoms with van der Waals surface area (Å²) in [5.74, 6) is 0. The fourth-order valence-corrected chi connectivity index (χ4v) is 1.70. The third kappa shape index (κ3) is 3.74. The molecule has 0 atom stereocenters. The highest BCUT2D eigenvalue weighted by Crippen LogP contribution is 2.28. The van der Waals surface area contributed by atoms with Crippen LogP contribution in [-0.4, -0.2) is 16.3 Å². The number of anilines is 1. The van der Waals surface area contributed by atoms with Crippen LogP contribution in [0.4, 0.5) is 18.9 Å². The van der Waals surface area contributed by atoms with Crippen LogP contribution >= 0.6 is 0 Å². The second-order valence-electron chi connectivity index (χ2n) is 4.29. The Balaban J connectivity index is 1.88. The lowest BCUT2D eigenvalue weighted by Crippen LogP contribution is -2.11. The summed E-state index contributed by atoms with van der Waals surface area (Å²) in [7, 11) is 0. The molecule has 0 radical (unpaired) electrons. The highest BCUT2D eigenvalue weighted by Gasteiger charge is 2.32. The topological polar surface area (TPSA) is 29.9 Å². The van der Waals surface area contributed by atoms with Gasteiger partial charge in [0.1, 0.15) is 0 Å². The van der Waals surface area contributed by atoms with Crippen molar-refractivity contribution in [2.75, 3.05) is 11.9 Å². The Morgan fingerprint density at radius 1 is 1.32 bits per heavy atom. The largest absolute Gasteiger partial charge is 0.419 e. The lowest BCUT2D eigenvalue weighted by molar-refractivity contribution is -0.137. The number of nitrogens with zero attached hydrogens (tertiary/aromatic N) is 2. The molecule has 0 aliphatic rings. The van der Waals surface area contributed by atoms with E-state index in [0.29, 0.717) is 13.1 Å². The van der Waals surface area contributed by atoms with E-state index in [4.69, 9.17) is 0 Å². The number of hydrogen-bond acceptors (Lipinski definition) is 2. The van der Waals surface area contributed by atoms with Gasteiger partial charge in [-0.1, -0.05) is 12.1 Å². The van der Waals surface area contributed by atoms with Gasteiger partial charge in [-0.15, -0.1) is 0 Å². The van der Waals surface area contributed by atoms with E-state index in [1.807, 2.05) is 31.2 Å². The fourth-order valence-electron chi connectivity index (χ4n) is 1.70. The van der Waals surface area contributed by atoms with Crippen LogP contribution in [0, 0.1) is 6.92 Å². The van der Waals surface area contributed by atoms with Crippen LogP contribution < -0.4 is 5.32 Å². The molecular formula is C13H14F3N3. The van der Waals surface area contributed by atoms with Crippen LogP contribution in [0.2, 0.25) is 0 Å². The smallest absolute Gasteiger partial charge is 0.383 e. The Labute approximate surface area is 109 Å². The summed E-state index contributed by atoms with van der Waals surface area (Å²) in [5.41, 5.74) is 1.36. The van der Waals surface area contributed by atoms with Crippen molar-refractivity contribution < 1.29 is 13.2 Å². The standard InChI is InChI=1S/C13H14F3N3/c1-10-3-2-4-12(7-10)17-5-6-19-9-11(8-18-19)13(14,15)16/h2-4,7-9,17H,5-6H2,1H3. The second kappa shape index (κ2) is 5.34. The molecule has 0 saturated heterocycles. The first kappa shape index (κ1) is 13.5. The Kier molecular flexibility index (Phi) is 3.78. The number of aromatic nitrogens is 2. The molecule has 3 nitrogen and oxygen atoms in total. The van der Waals surface area contributed by atoms with Crippen molar-refractivity contribution in [3.8, 4) is 0 Å². The molecule has 1 N–H and O–H groups in total. The molecule has 1 aromatic heterocycles. The van der Waals surface area contributed by atoms with E-state index in [0.717, 1.165) is 23.6 Å². The predicted octanol–water partition coefficient (Wildman–Crippen LogP) is 3.32. The van der Waals surface area contributed by atoms with Gasteiger partial charge in [-0.05, 0) is 24.6 Å². The van der Waals surface area contributed by atoms with Crippen molar-refractivity contribution in [3.63, 3.8) is 0 Å². The maximum absolute atomic E-state index is 12.4. The number of hydrogen-bond donors (Lipinski definition) is 1. The van der Waals surface area contributed by atoms with Gasteiger partial charge in [-0.2, -0.15) is 18.3 Å². The first-order chi connectivity index (χ1) is 8.95. The first-order valence-electron chi connectivity index (χ1n) is 5.85. The highest BCUT2D eigenvalue weighted by molar-refractivity contribution is 5.45. The molecule has 0 amide bonds. The Morgan fingerprint density at radius 3 is 2.74 bits per heavy atom. The lowest BCUT2D eigenvalue weighted by Gasteiger charge is -2.07. The third-order valence-corrected chi connectivity index (χ3v) is 2.65. The highest BCUT2D eigenvalue weighted by atomic mass is 19.4. The summed E-state index contributed by atoms with van der Waals surface area (Å²) in [5, 5.41) is 6.83. The Morgan fingerprint density at radius 2 is 2.11 bits per heavy atom. The van der Waals surface area contributed by atoms with Crippen LogP contribution in [0.25, 0.3) is 0 Å². The Bertz CT molecular complexity index is 546. The summed E-state index contributed by atoms with van der Waals surface area (Å²) in [4.78, 5) is 0. The van der Waals surface area contributed by atoms with E-state index >= 15 is 0 Å². The number of halogens is 3. The Hall–Kier alpha value is -1.98. The molecule has 19 heavy (non-hydrogen) atoms. The average molecular weight is 269 g/mol. The molecule has 1 heterocycles. The minimum atomic E-state index is -4.33. The molecule has 0 bridgehead atoms. The first-order valence-corrected chi connectivity index (χ1v) is 5.85. The summed E-state index contributed by atoms with van der Waals surface area (Å²) in [6, 6.07) is 7.79. The molecule has 0 spiro atoms. The number of aryl methyl sites for hydroxylation is 1. The summed E-state index contributed by atoms with van der Waals surface area (Å²) in [6.07, 6.45) is -2.48. The zero-order valence-electron chi connectivity index (χ0n) is 10.4.